The Bertz CT molecular complexity index is 510. The lowest BCUT2D eigenvalue weighted by molar-refractivity contribution is 0.577. The molecule has 0 aliphatic carbocycles. The number of nitrogens with zero attached hydrogens (tertiary/aromatic N) is 1. The summed E-state index contributed by atoms with van der Waals surface area (Å²) in [6.45, 7) is 4.98. The first-order valence-corrected chi connectivity index (χ1v) is 6.99. The van der Waals surface area contributed by atoms with Gasteiger partial charge in [-0.3, -0.25) is 0 Å². The number of rotatable bonds is 5. The first-order valence-electron chi connectivity index (χ1n) is 6.11. The SMILES string of the molecule is CCCNC(c1cccc(F)c1)c1csc(C)n1. The molecule has 1 unspecified atom stereocenters. The van der Waals surface area contributed by atoms with Crippen molar-refractivity contribution in [1.82, 2.24) is 10.3 Å². The third kappa shape index (κ3) is 3.15. The summed E-state index contributed by atoms with van der Waals surface area (Å²) >= 11 is 1.62. The Hall–Kier alpha value is -1.26. The highest BCUT2D eigenvalue weighted by molar-refractivity contribution is 7.09. The van der Waals surface area contributed by atoms with Crippen LogP contribution in [0, 0.1) is 12.7 Å². The van der Waals surface area contributed by atoms with Gasteiger partial charge >= 0.3 is 0 Å². The molecule has 1 aromatic heterocycles. The monoisotopic (exact) mass is 264 g/mol. The lowest BCUT2D eigenvalue weighted by Crippen LogP contribution is -2.23. The van der Waals surface area contributed by atoms with Crippen LogP contribution in [-0.4, -0.2) is 11.5 Å². The Morgan fingerprint density at radius 3 is 2.89 bits per heavy atom. The molecule has 96 valence electrons. The number of halogens is 1. The molecule has 1 aromatic carbocycles. The zero-order valence-corrected chi connectivity index (χ0v) is 11.4. The summed E-state index contributed by atoms with van der Waals surface area (Å²) in [5, 5.41) is 6.49. The maximum absolute atomic E-state index is 13.3. The second-order valence-electron chi connectivity index (χ2n) is 4.23. The van der Waals surface area contributed by atoms with E-state index in [1.165, 1.54) is 6.07 Å². The Kier molecular flexibility index (Phi) is 4.44. The van der Waals surface area contributed by atoms with Crippen LogP contribution in [-0.2, 0) is 0 Å². The van der Waals surface area contributed by atoms with Gasteiger partial charge in [0, 0.05) is 5.38 Å². The number of aryl methyl sites for hydroxylation is 1. The van der Waals surface area contributed by atoms with E-state index >= 15 is 0 Å². The average Bonchev–Trinajstić information content (AvgIpc) is 2.76. The maximum atomic E-state index is 13.3. The van der Waals surface area contributed by atoms with E-state index in [1.54, 1.807) is 23.5 Å². The van der Waals surface area contributed by atoms with Crippen LogP contribution in [0.15, 0.2) is 29.6 Å². The van der Waals surface area contributed by atoms with E-state index in [-0.39, 0.29) is 11.9 Å². The standard InChI is InChI=1S/C14H17FN2S/c1-3-7-16-14(13-9-18-10(2)17-13)11-5-4-6-12(15)8-11/h4-6,8-9,14,16H,3,7H2,1-2H3. The van der Waals surface area contributed by atoms with E-state index in [1.807, 2.05) is 18.4 Å². The van der Waals surface area contributed by atoms with Gasteiger partial charge in [0.2, 0.25) is 0 Å². The second kappa shape index (κ2) is 6.07. The molecule has 0 amide bonds. The second-order valence-corrected chi connectivity index (χ2v) is 5.30. The topological polar surface area (TPSA) is 24.9 Å². The van der Waals surface area contributed by atoms with E-state index in [4.69, 9.17) is 0 Å². The minimum atomic E-state index is -0.206. The lowest BCUT2D eigenvalue weighted by Gasteiger charge is -2.17. The summed E-state index contributed by atoms with van der Waals surface area (Å²) in [6, 6.07) is 6.69. The fraction of sp³-hybridized carbons (Fsp3) is 0.357. The number of thiazole rings is 1. The van der Waals surface area contributed by atoms with Crippen molar-refractivity contribution < 1.29 is 4.39 Å². The molecule has 18 heavy (non-hydrogen) atoms. The van der Waals surface area contributed by atoms with Gasteiger partial charge in [-0.1, -0.05) is 19.1 Å². The Labute approximate surface area is 111 Å². The predicted molar refractivity (Wildman–Crippen MR) is 73.4 cm³/mol. The van der Waals surface area contributed by atoms with Crippen molar-refractivity contribution >= 4 is 11.3 Å². The van der Waals surface area contributed by atoms with Crippen LogP contribution in [0.3, 0.4) is 0 Å². The van der Waals surface area contributed by atoms with Gasteiger partial charge < -0.3 is 5.32 Å². The maximum Gasteiger partial charge on any atom is 0.123 e. The molecule has 0 aliphatic rings. The zero-order valence-electron chi connectivity index (χ0n) is 10.6. The molecule has 0 bridgehead atoms. The van der Waals surface area contributed by atoms with Gasteiger partial charge in [0.15, 0.2) is 0 Å². The molecule has 1 heterocycles. The van der Waals surface area contributed by atoms with Gasteiger partial charge in [-0.2, -0.15) is 0 Å². The van der Waals surface area contributed by atoms with Crippen molar-refractivity contribution in [3.63, 3.8) is 0 Å². The minimum Gasteiger partial charge on any atom is -0.305 e. The molecule has 0 aliphatic heterocycles. The number of nitrogens with one attached hydrogen (secondary N) is 1. The average molecular weight is 264 g/mol. The van der Waals surface area contributed by atoms with Crippen molar-refractivity contribution in [2.45, 2.75) is 26.3 Å². The Morgan fingerprint density at radius 1 is 1.44 bits per heavy atom. The number of hydrogen-bond donors (Lipinski definition) is 1. The van der Waals surface area contributed by atoms with E-state index in [2.05, 4.69) is 17.2 Å². The van der Waals surface area contributed by atoms with E-state index in [0.29, 0.717) is 0 Å². The Balaban J connectivity index is 2.30. The molecule has 2 nitrogen and oxygen atoms in total. The molecular weight excluding hydrogens is 247 g/mol. The van der Waals surface area contributed by atoms with Crippen LogP contribution in [0.1, 0.15) is 35.7 Å². The Morgan fingerprint density at radius 2 is 2.28 bits per heavy atom. The van der Waals surface area contributed by atoms with Crippen LogP contribution >= 0.6 is 11.3 Å². The number of hydrogen-bond acceptors (Lipinski definition) is 3. The van der Waals surface area contributed by atoms with Crippen molar-refractivity contribution in [2.24, 2.45) is 0 Å². The lowest BCUT2D eigenvalue weighted by atomic mass is 10.0. The third-order valence-corrected chi connectivity index (χ3v) is 3.50. The van der Waals surface area contributed by atoms with Gasteiger partial charge in [0.05, 0.1) is 16.7 Å². The highest BCUT2D eigenvalue weighted by Gasteiger charge is 2.16. The summed E-state index contributed by atoms with van der Waals surface area (Å²) in [6.07, 6.45) is 1.04. The predicted octanol–water partition coefficient (Wildman–Crippen LogP) is 3.68. The quantitative estimate of drug-likeness (QED) is 0.891. The molecule has 0 saturated heterocycles. The summed E-state index contributed by atoms with van der Waals surface area (Å²) in [5.74, 6) is -0.206. The van der Waals surface area contributed by atoms with Gasteiger partial charge in [-0.15, -0.1) is 11.3 Å². The molecule has 4 heteroatoms. The van der Waals surface area contributed by atoms with E-state index in [0.717, 1.165) is 29.2 Å². The smallest absolute Gasteiger partial charge is 0.123 e. The fourth-order valence-electron chi connectivity index (χ4n) is 1.88. The normalized spacial score (nSPS) is 12.6. The highest BCUT2D eigenvalue weighted by atomic mass is 32.1. The van der Waals surface area contributed by atoms with E-state index < -0.39 is 0 Å². The first kappa shape index (κ1) is 13.2. The summed E-state index contributed by atoms with van der Waals surface area (Å²) in [4.78, 5) is 4.50. The number of benzene rings is 1. The highest BCUT2D eigenvalue weighted by Crippen LogP contribution is 2.24. The summed E-state index contributed by atoms with van der Waals surface area (Å²) in [5.41, 5.74) is 1.89. The van der Waals surface area contributed by atoms with Crippen LogP contribution in [0.25, 0.3) is 0 Å². The largest absolute Gasteiger partial charge is 0.305 e. The minimum absolute atomic E-state index is 0.0226. The van der Waals surface area contributed by atoms with Crippen molar-refractivity contribution in [3.05, 3.63) is 51.7 Å². The molecule has 0 saturated carbocycles. The van der Waals surface area contributed by atoms with Gasteiger partial charge in [-0.25, -0.2) is 9.37 Å². The molecule has 2 rings (SSSR count). The van der Waals surface area contributed by atoms with Crippen molar-refractivity contribution in [1.29, 1.82) is 0 Å². The van der Waals surface area contributed by atoms with Gasteiger partial charge in [0.1, 0.15) is 5.82 Å². The summed E-state index contributed by atoms with van der Waals surface area (Å²) in [7, 11) is 0. The van der Waals surface area contributed by atoms with Crippen LogP contribution in [0.2, 0.25) is 0 Å². The molecular formula is C14H17FN2S. The summed E-state index contributed by atoms with van der Waals surface area (Å²) < 4.78 is 13.3. The molecule has 1 N–H and O–H groups in total. The third-order valence-electron chi connectivity index (χ3n) is 2.71. The molecule has 0 spiro atoms. The van der Waals surface area contributed by atoms with Gasteiger partial charge in [0.25, 0.3) is 0 Å². The van der Waals surface area contributed by atoms with E-state index in [9.17, 15) is 4.39 Å². The van der Waals surface area contributed by atoms with Crippen LogP contribution < -0.4 is 5.32 Å². The van der Waals surface area contributed by atoms with Crippen molar-refractivity contribution in [3.8, 4) is 0 Å². The molecule has 0 fully saturated rings. The molecule has 2 aromatic rings. The molecule has 1 atom stereocenters. The van der Waals surface area contributed by atoms with Crippen molar-refractivity contribution in [2.75, 3.05) is 6.54 Å². The first-order chi connectivity index (χ1) is 8.70. The van der Waals surface area contributed by atoms with Crippen LogP contribution in [0.5, 0.6) is 0 Å². The number of aromatic nitrogens is 1. The fourth-order valence-corrected chi connectivity index (χ4v) is 2.52. The van der Waals surface area contributed by atoms with Gasteiger partial charge in [-0.05, 0) is 37.6 Å². The molecule has 0 radical (unpaired) electrons. The van der Waals surface area contributed by atoms with Crippen LogP contribution in [0.4, 0.5) is 4.39 Å². The zero-order chi connectivity index (χ0) is 13.0.